The summed E-state index contributed by atoms with van der Waals surface area (Å²) in [6.45, 7) is 3.04. The third-order valence-corrected chi connectivity index (χ3v) is 4.68. The van der Waals surface area contributed by atoms with Crippen LogP contribution in [-0.4, -0.2) is 28.0 Å². The lowest BCUT2D eigenvalue weighted by atomic mass is 10.2. The summed E-state index contributed by atoms with van der Waals surface area (Å²) in [5.41, 5.74) is 1.61. The molecule has 0 spiro atoms. The Labute approximate surface area is 152 Å². The molecule has 25 heavy (non-hydrogen) atoms. The average molecular weight is 351 g/mol. The summed E-state index contributed by atoms with van der Waals surface area (Å²) < 4.78 is 0. The van der Waals surface area contributed by atoms with Crippen molar-refractivity contribution in [3.8, 4) is 0 Å². The van der Waals surface area contributed by atoms with Gasteiger partial charge in [0, 0.05) is 17.5 Å². The molecule has 1 heterocycles. The fourth-order valence-corrected chi connectivity index (χ4v) is 3.22. The number of thioether (sulfide) groups is 1. The number of fused-ring (bicyclic) bond motifs is 1. The number of rotatable bonds is 8. The predicted octanol–water partition coefficient (Wildman–Crippen LogP) is 4.82. The van der Waals surface area contributed by atoms with Crippen LogP contribution in [0.2, 0.25) is 0 Å². The summed E-state index contributed by atoms with van der Waals surface area (Å²) >= 11 is 1.38. The molecule has 128 valence electrons. The number of carbonyl (C=O) groups excluding carboxylic acids is 1. The van der Waals surface area contributed by atoms with E-state index in [0.717, 1.165) is 41.7 Å². The summed E-state index contributed by atoms with van der Waals surface area (Å²) in [4.78, 5) is 21.5. The molecule has 4 nitrogen and oxygen atoms in total. The fraction of sp³-hybridized carbons (Fsp3) is 0.250. The zero-order valence-corrected chi connectivity index (χ0v) is 15.1. The van der Waals surface area contributed by atoms with Crippen LogP contribution in [-0.2, 0) is 0 Å². The second-order valence-corrected chi connectivity index (χ2v) is 6.67. The highest BCUT2D eigenvalue weighted by Gasteiger charge is 2.11. The van der Waals surface area contributed by atoms with E-state index in [2.05, 4.69) is 22.2 Å². The quantitative estimate of drug-likeness (QED) is 0.273. The number of anilines is 1. The number of benzene rings is 2. The van der Waals surface area contributed by atoms with E-state index in [1.54, 1.807) is 0 Å². The number of para-hydroxylation sites is 1. The number of unbranched alkanes of at least 4 members (excludes halogenated alkanes) is 1. The molecule has 1 aromatic heterocycles. The highest BCUT2D eigenvalue weighted by Crippen LogP contribution is 2.24. The average Bonchev–Trinajstić information content (AvgIpc) is 2.67. The van der Waals surface area contributed by atoms with Gasteiger partial charge >= 0.3 is 0 Å². The highest BCUT2D eigenvalue weighted by atomic mass is 32.2. The van der Waals surface area contributed by atoms with Gasteiger partial charge in [0.05, 0.1) is 11.3 Å². The minimum absolute atomic E-state index is 0.0860. The summed E-state index contributed by atoms with van der Waals surface area (Å²) in [6, 6.07) is 17.3. The van der Waals surface area contributed by atoms with Gasteiger partial charge < -0.3 is 5.32 Å². The smallest absolute Gasteiger partial charge is 0.190 e. The van der Waals surface area contributed by atoms with Crippen molar-refractivity contribution >= 4 is 34.3 Å². The first-order chi connectivity index (χ1) is 12.3. The molecular weight excluding hydrogens is 330 g/mol. The minimum atomic E-state index is 0.0860. The standard InChI is InChI=1S/C20H21N3OS/c1-2-3-13-21-19-16-11-7-8-12-17(16)22-20(23-19)25-14-18(24)15-9-5-4-6-10-15/h4-12H,2-3,13-14H2,1H3,(H,21,22,23). The van der Waals surface area contributed by atoms with Crippen LogP contribution in [0.1, 0.15) is 30.1 Å². The first-order valence-electron chi connectivity index (χ1n) is 8.49. The number of hydrogen-bond acceptors (Lipinski definition) is 5. The van der Waals surface area contributed by atoms with Crippen molar-refractivity contribution in [3.63, 3.8) is 0 Å². The van der Waals surface area contributed by atoms with Crippen molar-refractivity contribution in [1.82, 2.24) is 9.97 Å². The lowest BCUT2D eigenvalue weighted by molar-refractivity contribution is 0.102. The minimum Gasteiger partial charge on any atom is -0.369 e. The number of carbonyl (C=O) groups is 1. The molecular formula is C20H21N3OS. The highest BCUT2D eigenvalue weighted by molar-refractivity contribution is 7.99. The Morgan fingerprint density at radius 1 is 1.04 bits per heavy atom. The van der Waals surface area contributed by atoms with E-state index in [4.69, 9.17) is 0 Å². The number of ketones is 1. The van der Waals surface area contributed by atoms with Gasteiger partial charge in [0.1, 0.15) is 5.82 Å². The van der Waals surface area contributed by atoms with E-state index in [1.807, 2.05) is 54.6 Å². The second-order valence-electron chi connectivity index (χ2n) is 5.73. The molecule has 0 aliphatic carbocycles. The molecule has 0 radical (unpaired) electrons. The molecule has 0 bridgehead atoms. The van der Waals surface area contributed by atoms with E-state index in [-0.39, 0.29) is 5.78 Å². The van der Waals surface area contributed by atoms with Crippen molar-refractivity contribution in [2.24, 2.45) is 0 Å². The van der Waals surface area contributed by atoms with Gasteiger partial charge in [-0.15, -0.1) is 0 Å². The van der Waals surface area contributed by atoms with E-state index >= 15 is 0 Å². The van der Waals surface area contributed by atoms with Gasteiger partial charge in [0.15, 0.2) is 10.9 Å². The summed E-state index contributed by atoms with van der Waals surface area (Å²) in [7, 11) is 0. The Morgan fingerprint density at radius 2 is 1.80 bits per heavy atom. The second kappa shape index (κ2) is 8.62. The van der Waals surface area contributed by atoms with Gasteiger partial charge in [-0.2, -0.15) is 0 Å². The SMILES string of the molecule is CCCCNc1nc(SCC(=O)c2ccccc2)nc2ccccc12. The van der Waals surface area contributed by atoms with Crippen LogP contribution in [0.3, 0.4) is 0 Å². The van der Waals surface area contributed by atoms with Gasteiger partial charge in [-0.3, -0.25) is 4.79 Å². The molecule has 0 saturated carbocycles. The molecule has 0 aliphatic rings. The van der Waals surface area contributed by atoms with Crippen LogP contribution in [0, 0.1) is 0 Å². The zero-order chi connectivity index (χ0) is 17.5. The van der Waals surface area contributed by atoms with E-state index in [0.29, 0.717) is 10.9 Å². The van der Waals surface area contributed by atoms with E-state index in [9.17, 15) is 4.79 Å². The van der Waals surface area contributed by atoms with Crippen molar-refractivity contribution in [2.75, 3.05) is 17.6 Å². The molecule has 1 N–H and O–H groups in total. The topological polar surface area (TPSA) is 54.9 Å². The summed E-state index contributed by atoms with van der Waals surface area (Å²) in [5, 5.41) is 5.04. The zero-order valence-electron chi connectivity index (χ0n) is 14.2. The Morgan fingerprint density at radius 3 is 2.60 bits per heavy atom. The molecule has 0 fully saturated rings. The number of nitrogens with one attached hydrogen (secondary N) is 1. The molecule has 0 atom stereocenters. The Hall–Kier alpha value is -2.40. The first-order valence-corrected chi connectivity index (χ1v) is 9.48. The Balaban J connectivity index is 1.77. The van der Waals surface area contributed by atoms with Crippen molar-refractivity contribution in [3.05, 3.63) is 60.2 Å². The predicted molar refractivity (Wildman–Crippen MR) is 104 cm³/mol. The molecule has 0 aliphatic heterocycles. The summed E-state index contributed by atoms with van der Waals surface area (Å²) in [6.07, 6.45) is 2.22. The van der Waals surface area contributed by atoms with Crippen molar-refractivity contribution < 1.29 is 4.79 Å². The van der Waals surface area contributed by atoms with E-state index < -0.39 is 0 Å². The molecule has 5 heteroatoms. The summed E-state index contributed by atoms with van der Waals surface area (Å²) in [5.74, 6) is 1.26. The largest absolute Gasteiger partial charge is 0.369 e. The number of aromatic nitrogens is 2. The maximum atomic E-state index is 12.3. The van der Waals surface area contributed by atoms with Gasteiger partial charge in [0.25, 0.3) is 0 Å². The lowest BCUT2D eigenvalue weighted by Gasteiger charge is -2.10. The maximum Gasteiger partial charge on any atom is 0.190 e. The molecule has 0 unspecified atom stereocenters. The van der Waals surface area contributed by atoms with Gasteiger partial charge in [0.2, 0.25) is 0 Å². The molecule has 3 rings (SSSR count). The van der Waals surface area contributed by atoms with Crippen LogP contribution in [0.4, 0.5) is 5.82 Å². The van der Waals surface area contributed by atoms with Crippen LogP contribution >= 0.6 is 11.8 Å². The fourth-order valence-electron chi connectivity index (χ4n) is 2.48. The van der Waals surface area contributed by atoms with Crippen LogP contribution in [0.25, 0.3) is 10.9 Å². The monoisotopic (exact) mass is 351 g/mol. The van der Waals surface area contributed by atoms with Gasteiger partial charge in [-0.1, -0.05) is 67.6 Å². The van der Waals surface area contributed by atoms with Crippen molar-refractivity contribution in [1.29, 1.82) is 0 Å². The third-order valence-electron chi connectivity index (χ3n) is 3.83. The number of hydrogen-bond donors (Lipinski definition) is 1. The number of nitrogens with zero attached hydrogens (tertiary/aromatic N) is 2. The normalized spacial score (nSPS) is 10.8. The lowest BCUT2D eigenvalue weighted by Crippen LogP contribution is -2.06. The molecule has 2 aromatic carbocycles. The van der Waals surface area contributed by atoms with E-state index in [1.165, 1.54) is 11.8 Å². The van der Waals surface area contributed by atoms with Crippen molar-refractivity contribution in [2.45, 2.75) is 24.9 Å². The maximum absolute atomic E-state index is 12.3. The number of Topliss-reactive ketones (excluding diaryl/α,β-unsaturated/α-hetero) is 1. The third kappa shape index (κ3) is 4.57. The molecule has 3 aromatic rings. The molecule has 0 amide bonds. The molecule has 0 saturated heterocycles. The van der Waals surface area contributed by atoms with Crippen LogP contribution in [0.15, 0.2) is 59.8 Å². The van der Waals surface area contributed by atoms with Crippen LogP contribution in [0.5, 0.6) is 0 Å². The Kier molecular flexibility index (Phi) is 6.01. The Bertz CT molecular complexity index is 852. The van der Waals surface area contributed by atoms with Gasteiger partial charge in [-0.25, -0.2) is 9.97 Å². The van der Waals surface area contributed by atoms with Gasteiger partial charge in [-0.05, 0) is 18.6 Å². The van der Waals surface area contributed by atoms with Crippen LogP contribution < -0.4 is 5.32 Å². The first kappa shape index (κ1) is 17.4.